The minimum atomic E-state index is -1.07. The van der Waals surface area contributed by atoms with E-state index in [-0.39, 0.29) is 50.5 Å². The maximum absolute atomic E-state index is 14.4. The third-order valence-corrected chi connectivity index (χ3v) is 8.40. The zero-order valence-electron chi connectivity index (χ0n) is 26.9. The molecule has 0 saturated heterocycles. The molecule has 6 aromatic rings. The summed E-state index contributed by atoms with van der Waals surface area (Å²) in [6.07, 6.45) is 7.00. The molecule has 260 valence electrons. The van der Waals surface area contributed by atoms with Crippen LogP contribution in [0.1, 0.15) is 40.5 Å². The smallest absolute Gasteiger partial charge is 0.166 e. The van der Waals surface area contributed by atoms with E-state index in [2.05, 4.69) is 40.5 Å². The Hall–Kier alpha value is -4.82. The van der Waals surface area contributed by atoms with Gasteiger partial charge in [-0.3, -0.25) is 0 Å². The van der Waals surface area contributed by atoms with Gasteiger partial charge in [0.15, 0.2) is 11.3 Å². The Bertz CT molecular complexity index is 2100. The molecule has 4 heterocycles. The summed E-state index contributed by atoms with van der Waals surface area (Å²) in [6, 6.07) is 2.36. The lowest BCUT2D eigenvalue weighted by molar-refractivity contribution is 0.547. The quantitative estimate of drug-likeness (QED) is 0.118. The Kier molecular flexibility index (Phi) is 11.2. The van der Waals surface area contributed by atoms with Gasteiger partial charge in [0, 0.05) is 59.9 Å². The van der Waals surface area contributed by atoms with E-state index < -0.39 is 46.0 Å². The Balaban J connectivity index is 0.000000194. The molecule has 0 spiro atoms. The number of rotatable bonds is 8. The predicted molar refractivity (Wildman–Crippen MR) is 182 cm³/mol. The van der Waals surface area contributed by atoms with E-state index in [4.69, 9.17) is 23.2 Å². The molecule has 8 nitrogen and oxygen atoms in total. The first kappa shape index (κ1) is 36.5. The van der Waals surface area contributed by atoms with Gasteiger partial charge in [0.2, 0.25) is 0 Å². The molecule has 4 aromatic heterocycles. The SMILES string of the molecule is CCC(C)Nc1c(-c2c(F)cc(F)cc2F)c(Cl)nc2ncncc12.CCC(C)Nc1nc2ncncc2c(Cl)c1-c1c(F)cc(F)cc1F. The number of nitrogens with one attached hydrogen (secondary N) is 2. The number of aromatic nitrogens is 6. The molecule has 0 aliphatic heterocycles. The zero-order chi connectivity index (χ0) is 36.3. The number of fused-ring (bicyclic) bond motifs is 2. The van der Waals surface area contributed by atoms with Crippen LogP contribution in [0.15, 0.2) is 49.3 Å². The van der Waals surface area contributed by atoms with E-state index in [1.807, 2.05) is 27.7 Å². The summed E-state index contributed by atoms with van der Waals surface area (Å²) < 4.78 is 84.0. The highest BCUT2D eigenvalue weighted by atomic mass is 35.5. The average Bonchev–Trinajstić information content (AvgIpc) is 3.06. The third-order valence-electron chi connectivity index (χ3n) is 7.73. The van der Waals surface area contributed by atoms with E-state index in [0.29, 0.717) is 40.7 Å². The predicted octanol–water partition coefficient (Wildman–Crippen LogP) is 9.95. The number of nitrogens with zero attached hydrogens (tertiary/aromatic N) is 6. The highest BCUT2D eigenvalue weighted by Gasteiger charge is 2.25. The first-order valence-corrected chi connectivity index (χ1v) is 16.0. The van der Waals surface area contributed by atoms with Crippen molar-refractivity contribution in [3.05, 3.63) is 94.4 Å². The second-order valence-electron chi connectivity index (χ2n) is 11.2. The van der Waals surface area contributed by atoms with Crippen LogP contribution in [0.5, 0.6) is 0 Å². The molecule has 0 aliphatic rings. The third kappa shape index (κ3) is 7.50. The Labute approximate surface area is 292 Å². The molecule has 0 fully saturated rings. The monoisotopic (exact) mass is 732 g/mol. The Morgan fingerprint density at radius 3 is 1.60 bits per heavy atom. The van der Waals surface area contributed by atoms with Crippen molar-refractivity contribution in [3.8, 4) is 22.3 Å². The molecule has 0 amide bonds. The van der Waals surface area contributed by atoms with Crippen LogP contribution in [-0.2, 0) is 0 Å². The zero-order valence-corrected chi connectivity index (χ0v) is 28.4. The van der Waals surface area contributed by atoms with Gasteiger partial charge in [-0.1, -0.05) is 37.0 Å². The average molecular weight is 734 g/mol. The standard InChI is InChI=1S/2C17H14ClF3N4/c1-3-8(2)24-15-10-6-22-7-23-17(10)25-16(18)14(15)13-11(20)4-9(19)5-12(13)21;1-3-8(2)24-17-14(13-11(20)4-9(19)5-12(13)21)15(18)10-6-22-7-23-16(10)25-17/h2*4-8H,3H2,1-2H3,(H,22,23,24,25). The van der Waals surface area contributed by atoms with Crippen LogP contribution >= 0.6 is 23.2 Å². The lowest BCUT2D eigenvalue weighted by Crippen LogP contribution is -2.16. The fourth-order valence-electron chi connectivity index (χ4n) is 4.90. The second-order valence-corrected chi connectivity index (χ2v) is 12.0. The van der Waals surface area contributed by atoms with E-state index in [0.717, 1.165) is 12.8 Å². The van der Waals surface area contributed by atoms with Gasteiger partial charge in [0.25, 0.3) is 0 Å². The van der Waals surface area contributed by atoms with Gasteiger partial charge in [-0.2, -0.15) is 0 Å². The molecule has 16 heteroatoms. The van der Waals surface area contributed by atoms with Crippen molar-refractivity contribution in [2.75, 3.05) is 10.6 Å². The molecule has 6 rings (SSSR count). The normalized spacial score (nSPS) is 12.4. The number of anilines is 2. The van der Waals surface area contributed by atoms with Gasteiger partial charge in [-0.05, 0) is 26.7 Å². The number of hydrogen-bond acceptors (Lipinski definition) is 8. The minimum Gasteiger partial charge on any atom is -0.381 e. The summed E-state index contributed by atoms with van der Waals surface area (Å²) in [7, 11) is 0. The summed E-state index contributed by atoms with van der Waals surface area (Å²) in [5.74, 6) is -6.11. The minimum absolute atomic E-state index is 0.0132. The van der Waals surface area contributed by atoms with E-state index in [9.17, 15) is 26.3 Å². The van der Waals surface area contributed by atoms with Crippen LogP contribution in [-0.4, -0.2) is 42.0 Å². The molecule has 50 heavy (non-hydrogen) atoms. The molecule has 0 bridgehead atoms. The van der Waals surface area contributed by atoms with E-state index in [1.165, 1.54) is 25.0 Å². The fourth-order valence-corrected chi connectivity index (χ4v) is 5.49. The van der Waals surface area contributed by atoms with Crippen LogP contribution in [0.2, 0.25) is 10.2 Å². The number of hydrogen-bond donors (Lipinski definition) is 2. The van der Waals surface area contributed by atoms with Gasteiger partial charge in [-0.25, -0.2) is 56.2 Å². The largest absolute Gasteiger partial charge is 0.381 e. The van der Waals surface area contributed by atoms with Crippen molar-refractivity contribution in [3.63, 3.8) is 0 Å². The number of halogens is 8. The van der Waals surface area contributed by atoms with Crippen LogP contribution < -0.4 is 10.6 Å². The van der Waals surface area contributed by atoms with Crippen molar-refractivity contribution < 1.29 is 26.3 Å². The molecule has 0 saturated carbocycles. The van der Waals surface area contributed by atoms with Crippen LogP contribution in [0.3, 0.4) is 0 Å². The first-order chi connectivity index (χ1) is 23.8. The van der Waals surface area contributed by atoms with Crippen LogP contribution in [0.25, 0.3) is 44.3 Å². The van der Waals surface area contributed by atoms with Crippen molar-refractivity contribution >= 4 is 56.8 Å². The summed E-state index contributed by atoms with van der Waals surface area (Å²) in [4.78, 5) is 24.3. The molecule has 2 aromatic carbocycles. The maximum atomic E-state index is 14.4. The maximum Gasteiger partial charge on any atom is 0.166 e. The molecule has 2 atom stereocenters. The number of benzene rings is 2. The van der Waals surface area contributed by atoms with Gasteiger partial charge in [0.05, 0.1) is 32.6 Å². The Morgan fingerprint density at radius 1 is 0.620 bits per heavy atom. The summed E-state index contributed by atoms with van der Waals surface area (Å²) in [6.45, 7) is 7.70. The summed E-state index contributed by atoms with van der Waals surface area (Å²) in [5, 5.41) is 6.97. The van der Waals surface area contributed by atoms with Gasteiger partial charge in [0.1, 0.15) is 58.5 Å². The molecule has 2 unspecified atom stereocenters. The first-order valence-electron chi connectivity index (χ1n) is 15.3. The van der Waals surface area contributed by atoms with Crippen molar-refractivity contribution in [2.24, 2.45) is 0 Å². The van der Waals surface area contributed by atoms with E-state index in [1.54, 1.807) is 0 Å². The fraction of sp³-hybridized carbons (Fsp3) is 0.235. The topological polar surface area (TPSA) is 101 Å². The van der Waals surface area contributed by atoms with Gasteiger partial charge < -0.3 is 10.6 Å². The molecule has 0 radical (unpaired) electrons. The van der Waals surface area contributed by atoms with Crippen LogP contribution in [0.4, 0.5) is 37.8 Å². The molecular formula is C34H28Cl2F6N8. The van der Waals surface area contributed by atoms with Crippen LogP contribution in [0, 0.1) is 34.9 Å². The molecular weight excluding hydrogens is 705 g/mol. The lowest BCUT2D eigenvalue weighted by Gasteiger charge is -2.20. The molecule has 2 N–H and O–H groups in total. The van der Waals surface area contributed by atoms with Crippen molar-refractivity contribution in [2.45, 2.75) is 52.6 Å². The van der Waals surface area contributed by atoms with Crippen molar-refractivity contribution in [1.29, 1.82) is 0 Å². The van der Waals surface area contributed by atoms with Gasteiger partial charge in [-0.15, -0.1) is 0 Å². The number of pyridine rings is 2. The summed E-state index contributed by atoms with van der Waals surface area (Å²) in [5.41, 5.74) is 0.0637. The second kappa shape index (κ2) is 15.4. The van der Waals surface area contributed by atoms with E-state index >= 15 is 0 Å². The van der Waals surface area contributed by atoms with Crippen molar-refractivity contribution in [1.82, 2.24) is 29.9 Å². The highest BCUT2D eigenvalue weighted by molar-refractivity contribution is 6.38. The molecule has 0 aliphatic carbocycles. The highest BCUT2D eigenvalue weighted by Crippen LogP contribution is 2.42. The lowest BCUT2D eigenvalue weighted by atomic mass is 10.0. The van der Waals surface area contributed by atoms with Gasteiger partial charge >= 0.3 is 0 Å². The summed E-state index contributed by atoms with van der Waals surface area (Å²) >= 11 is 12.6. The Morgan fingerprint density at radius 2 is 1.08 bits per heavy atom.